The van der Waals surface area contributed by atoms with Crippen LogP contribution in [0.5, 0.6) is 0 Å². The van der Waals surface area contributed by atoms with Crippen LogP contribution in [0.25, 0.3) is 0 Å². The minimum absolute atomic E-state index is 0.473. The van der Waals surface area contributed by atoms with Crippen LogP contribution in [-0.2, 0) is 6.54 Å². The van der Waals surface area contributed by atoms with Crippen molar-refractivity contribution in [3.8, 4) is 0 Å². The minimum Gasteiger partial charge on any atom is -0.372 e. The molecule has 0 bridgehead atoms. The van der Waals surface area contributed by atoms with Crippen molar-refractivity contribution in [3.05, 3.63) is 28.8 Å². The van der Waals surface area contributed by atoms with Crippen molar-refractivity contribution in [2.24, 2.45) is 0 Å². The zero-order chi connectivity index (χ0) is 15.8. The molecule has 0 atom stereocenters. The summed E-state index contributed by atoms with van der Waals surface area (Å²) < 4.78 is 0. The first-order valence-electron chi connectivity index (χ1n) is 7.85. The Balaban J connectivity index is 2.81. The van der Waals surface area contributed by atoms with E-state index in [4.69, 9.17) is 11.6 Å². The highest BCUT2D eigenvalue weighted by molar-refractivity contribution is 6.30. The number of nitrogens with zero attached hydrogens (tertiary/aromatic N) is 2. The smallest absolute Gasteiger partial charge is 0.0412 e. The van der Waals surface area contributed by atoms with Gasteiger partial charge in [0.05, 0.1) is 0 Å². The fraction of sp³-hybridized carbons (Fsp3) is 0.647. The average Bonchev–Trinajstić information content (AvgIpc) is 2.42. The van der Waals surface area contributed by atoms with E-state index in [1.165, 1.54) is 17.7 Å². The van der Waals surface area contributed by atoms with E-state index in [1.807, 2.05) is 6.07 Å². The van der Waals surface area contributed by atoms with Crippen LogP contribution in [0.2, 0.25) is 5.02 Å². The van der Waals surface area contributed by atoms with Gasteiger partial charge in [0.1, 0.15) is 0 Å². The van der Waals surface area contributed by atoms with Gasteiger partial charge < -0.3 is 15.1 Å². The van der Waals surface area contributed by atoms with Crippen molar-refractivity contribution >= 4 is 17.3 Å². The maximum atomic E-state index is 6.17. The van der Waals surface area contributed by atoms with Gasteiger partial charge in [-0.1, -0.05) is 25.4 Å². The normalized spacial score (nSPS) is 11.4. The predicted molar refractivity (Wildman–Crippen MR) is 94.5 cm³/mol. The largest absolute Gasteiger partial charge is 0.372 e. The van der Waals surface area contributed by atoms with E-state index in [0.29, 0.717) is 6.04 Å². The van der Waals surface area contributed by atoms with Crippen molar-refractivity contribution in [2.75, 3.05) is 38.6 Å². The van der Waals surface area contributed by atoms with Gasteiger partial charge in [0.25, 0.3) is 0 Å². The Labute approximate surface area is 135 Å². The van der Waals surface area contributed by atoms with E-state index in [2.05, 4.69) is 62.1 Å². The lowest BCUT2D eigenvalue weighted by Crippen LogP contribution is -2.29. The van der Waals surface area contributed by atoms with Crippen molar-refractivity contribution < 1.29 is 0 Å². The minimum atomic E-state index is 0.473. The van der Waals surface area contributed by atoms with Gasteiger partial charge in [-0.15, -0.1) is 0 Å². The molecule has 0 aromatic heterocycles. The van der Waals surface area contributed by atoms with Crippen molar-refractivity contribution in [1.82, 2.24) is 10.2 Å². The van der Waals surface area contributed by atoms with Crippen LogP contribution in [-0.4, -0.2) is 44.7 Å². The second-order valence-corrected chi connectivity index (χ2v) is 6.48. The molecule has 1 aromatic rings. The van der Waals surface area contributed by atoms with Gasteiger partial charge in [0.2, 0.25) is 0 Å². The Kier molecular flexibility index (Phi) is 8.09. The lowest BCUT2D eigenvalue weighted by molar-refractivity contribution is 0.400. The quantitative estimate of drug-likeness (QED) is 0.751. The number of hydrogen-bond donors (Lipinski definition) is 1. The number of rotatable bonds is 9. The first-order chi connectivity index (χ1) is 9.93. The second-order valence-electron chi connectivity index (χ2n) is 6.05. The van der Waals surface area contributed by atoms with Crippen LogP contribution in [0.4, 0.5) is 5.69 Å². The molecule has 120 valence electrons. The first-order valence-corrected chi connectivity index (χ1v) is 8.23. The van der Waals surface area contributed by atoms with Crippen LogP contribution in [0, 0.1) is 0 Å². The Bertz CT molecular complexity index is 418. The number of halogens is 1. The summed E-state index contributed by atoms with van der Waals surface area (Å²) in [5.41, 5.74) is 2.58. The fourth-order valence-electron chi connectivity index (χ4n) is 2.34. The SMILES string of the molecule is CCN(CCCN(C)C)c1ccc(Cl)cc1CNC(C)C. The molecule has 0 unspecified atom stereocenters. The number of hydrogen-bond acceptors (Lipinski definition) is 3. The van der Waals surface area contributed by atoms with Crippen molar-refractivity contribution in [2.45, 2.75) is 39.8 Å². The summed E-state index contributed by atoms with van der Waals surface area (Å²) in [5.74, 6) is 0. The van der Waals surface area contributed by atoms with E-state index in [9.17, 15) is 0 Å². The van der Waals surface area contributed by atoms with E-state index in [0.717, 1.165) is 31.2 Å². The molecule has 0 aliphatic carbocycles. The molecule has 0 heterocycles. The van der Waals surface area contributed by atoms with Gasteiger partial charge in [-0.25, -0.2) is 0 Å². The Morgan fingerprint density at radius 3 is 2.48 bits per heavy atom. The van der Waals surface area contributed by atoms with E-state index < -0.39 is 0 Å². The highest BCUT2D eigenvalue weighted by Gasteiger charge is 2.11. The van der Waals surface area contributed by atoms with Gasteiger partial charge in [-0.3, -0.25) is 0 Å². The average molecular weight is 312 g/mol. The van der Waals surface area contributed by atoms with Crippen LogP contribution in [0.3, 0.4) is 0 Å². The summed E-state index contributed by atoms with van der Waals surface area (Å²) in [5, 5.41) is 4.30. The topological polar surface area (TPSA) is 18.5 Å². The first kappa shape index (κ1) is 18.3. The number of anilines is 1. The molecule has 0 amide bonds. The van der Waals surface area contributed by atoms with Gasteiger partial charge in [-0.2, -0.15) is 0 Å². The molecule has 0 aliphatic heterocycles. The molecule has 4 heteroatoms. The third kappa shape index (κ3) is 6.68. The Morgan fingerprint density at radius 1 is 1.19 bits per heavy atom. The van der Waals surface area contributed by atoms with Crippen molar-refractivity contribution in [3.63, 3.8) is 0 Å². The summed E-state index contributed by atoms with van der Waals surface area (Å²) in [6, 6.07) is 6.70. The van der Waals surface area contributed by atoms with Gasteiger partial charge in [0, 0.05) is 36.4 Å². The molecule has 0 fully saturated rings. The third-order valence-corrected chi connectivity index (χ3v) is 3.73. The second kappa shape index (κ2) is 9.29. The molecule has 0 spiro atoms. The molecule has 0 saturated carbocycles. The molecule has 3 nitrogen and oxygen atoms in total. The maximum Gasteiger partial charge on any atom is 0.0412 e. The van der Waals surface area contributed by atoms with Crippen LogP contribution in [0.15, 0.2) is 18.2 Å². The summed E-state index contributed by atoms with van der Waals surface area (Å²) in [6.07, 6.45) is 1.17. The fourth-order valence-corrected chi connectivity index (χ4v) is 2.54. The molecular weight excluding hydrogens is 282 g/mol. The molecule has 1 aromatic carbocycles. The van der Waals surface area contributed by atoms with Gasteiger partial charge in [-0.05, 0) is 57.7 Å². The predicted octanol–water partition coefficient (Wildman–Crippen LogP) is 3.62. The zero-order valence-corrected chi connectivity index (χ0v) is 14.9. The molecule has 1 N–H and O–H groups in total. The molecule has 21 heavy (non-hydrogen) atoms. The Hall–Kier alpha value is -0.770. The third-order valence-electron chi connectivity index (χ3n) is 3.50. The summed E-state index contributed by atoms with van der Waals surface area (Å²) in [4.78, 5) is 4.67. The lowest BCUT2D eigenvalue weighted by atomic mass is 10.1. The van der Waals surface area contributed by atoms with E-state index >= 15 is 0 Å². The maximum absolute atomic E-state index is 6.17. The zero-order valence-electron chi connectivity index (χ0n) is 14.1. The van der Waals surface area contributed by atoms with Crippen LogP contribution >= 0.6 is 11.6 Å². The van der Waals surface area contributed by atoms with Crippen LogP contribution < -0.4 is 10.2 Å². The lowest BCUT2D eigenvalue weighted by Gasteiger charge is -2.27. The van der Waals surface area contributed by atoms with Crippen molar-refractivity contribution in [1.29, 1.82) is 0 Å². The van der Waals surface area contributed by atoms with Crippen LogP contribution in [0.1, 0.15) is 32.8 Å². The summed E-state index contributed by atoms with van der Waals surface area (Å²) in [7, 11) is 4.24. The van der Waals surface area contributed by atoms with Gasteiger partial charge in [0.15, 0.2) is 0 Å². The highest BCUT2D eigenvalue weighted by atomic mass is 35.5. The molecule has 1 rings (SSSR count). The monoisotopic (exact) mass is 311 g/mol. The summed E-state index contributed by atoms with van der Waals surface area (Å²) in [6.45, 7) is 10.6. The number of nitrogens with one attached hydrogen (secondary N) is 1. The van der Waals surface area contributed by atoms with Gasteiger partial charge >= 0.3 is 0 Å². The Morgan fingerprint density at radius 2 is 1.90 bits per heavy atom. The molecule has 0 radical (unpaired) electrons. The molecular formula is C17H30ClN3. The number of benzene rings is 1. The standard InChI is InChI=1S/C17H30ClN3/c1-6-21(11-7-10-20(4)5)17-9-8-16(18)12-15(17)13-19-14(2)3/h8-9,12,14,19H,6-7,10-11,13H2,1-5H3. The van der Waals surface area contributed by atoms with E-state index in [1.54, 1.807) is 0 Å². The molecule has 0 aliphatic rings. The highest BCUT2D eigenvalue weighted by Crippen LogP contribution is 2.24. The molecule has 0 saturated heterocycles. The van der Waals surface area contributed by atoms with E-state index in [-0.39, 0.29) is 0 Å². The summed E-state index contributed by atoms with van der Waals surface area (Å²) >= 11 is 6.17.